The predicted molar refractivity (Wildman–Crippen MR) is 272 cm³/mol. The third-order valence-corrected chi connectivity index (χ3v) is 12.7. The molecule has 0 spiro atoms. The molecule has 1 aliphatic rings. The standard InChI is InChI=1S/C59H53N4O.CH3.Pt/c1-57(2,3)43-30-31-60-55(35-43)63-51-27-16-15-26-49(51)56-50(58(4,5)6)37-48(38-54(56)63)64-47-25-19-24-45(36-47)61-39-62(53-29-18-17-28-52(53)61)46-33-41(40-20-11-9-12-21-40)32-44(34-46)59(7,8)42-22-13-10-14-23-42;;/h9-35,37,39H,1-8H3;1H3;/q-3;-1;+4. The van der Waals surface area contributed by atoms with E-state index in [2.05, 4.69) is 240 Å². The minimum Gasteiger partial charge on any atom is -0.509 e. The fraction of sp³-hybridized carbons (Fsp3) is 0.183. The van der Waals surface area contributed by atoms with E-state index < -0.39 is 0 Å². The zero-order valence-electron chi connectivity index (χ0n) is 39.3. The van der Waals surface area contributed by atoms with Crippen molar-refractivity contribution in [3.05, 3.63) is 218 Å². The van der Waals surface area contributed by atoms with Crippen molar-refractivity contribution >= 4 is 44.6 Å². The Morgan fingerprint density at radius 2 is 1.21 bits per heavy atom. The molecule has 0 amide bonds. The largest absolute Gasteiger partial charge is 4.00 e. The summed E-state index contributed by atoms with van der Waals surface area (Å²) in [5, 5.41) is 2.32. The molecule has 0 bridgehead atoms. The Bertz CT molecular complexity index is 3180. The number of anilines is 4. The molecule has 0 saturated carbocycles. The van der Waals surface area contributed by atoms with Crippen LogP contribution in [0.15, 0.2) is 170 Å². The van der Waals surface area contributed by atoms with Gasteiger partial charge in [0.1, 0.15) is 5.82 Å². The van der Waals surface area contributed by atoms with E-state index in [0.29, 0.717) is 11.5 Å². The maximum absolute atomic E-state index is 6.85. The first kappa shape index (κ1) is 46.1. The van der Waals surface area contributed by atoms with Crippen molar-refractivity contribution in [3.8, 4) is 28.4 Å². The molecule has 0 fully saturated rings. The Labute approximate surface area is 406 Å². The van der Waals surface area contributed by atoms with E-state index in [1.165, 1.54) is 38.8 Å². The van der Waals surface area contributed by atoms with Crippen LogP contribution in [0, 0.1) is 26.2 Å². The zero-order chi connectivity index (χ0) is 44.4. The van der Waals surface area contributed by atoms with Crippen molar-refractivity contribution < 1.29 is 25.8 Å². The summed E-state index contributed by atoms with van der Waals surface area (Å²) in [4.78, 5) is 9.44. The second-order valence-corrected chi connectivity index (χ2v) is 19.5. The Kier molecular flexibility index (Phi) is 12.4. The van der Waals surface area contributed by atoms with Crippen LogP contribution in [-0.2, 0) is 37.3 Å². The maximum Gasteiger partial charge on any atom is 4.00 e. The molecule has 0 aliphatic carbocycles. The Balaban J connectivity index is 0.00000296. The van der Waals surface area contributed by atoms with Gasteiger partial charge in [-0.3, -0.25) is 0 Å². The molecule has 0 atom stereocenters. The van der Waals surface area contributed by atoms with Gasteiger partial charge in [-0.2, -0.15) is 6.07 Å². The minimum absolute atomic E-state index is 0. The number of rotatable bonds is 8. The topological polar surface area (TPSA) is 33.5 Å². The van der Waals surface area contributed by atoms with Gasteiger partial charge in [-0.05, 0) is 86.5 Å². The monoisotopic (exact) mass is 1040 g/mol. The molecule has 3 heterocycles. The van der Waals surface area contributed by atoms with E-state index in [4.69, 9.17) is 9.72 Å². The van der Waals surface area contributed by atoms with Crippen molar-refractivity contribution in [1.29, 1.82) is 0 Å². The van der Waals surface area contributed by atoms with Crippen LogP contribution < -0.4 is 14.5 Å². The van der Waals surface area contributed by atoms with Crippen molar-refractivity contribution in [1.82, 2.24) is 9.55 Å². The molecule has 9 aromatic rings. The van der Waals surface area contributed by atoms with Gasteiger partial charge in [0, 0.05) is 45.7 Å². The number of pyridine rings is 1. The van der Waals surface area contributed by atoms with Gasteiger partial charge in [0.15, 0.2) is 0 Å². The van der Waals surface area contributed by atoms with E-state index in [-0.39, 0.29) is 44.7 Å². The average molecular weight is 1040 g/mol. The van der Waals surface area contributed by atoms with Crippen molar-refractivity contribution in [2.24, 2.45) is 0 Å². The molecular formula is C60H56N4OPt. The third kappa shape index (κ3) is 8.46. The van der Waals surface area contributed by atoms with Gasteiger partial charge in [-0.15, -0.1) is 48.3 Å². The van der Waals surface area contributed by atoms with Gasteiger partial charge in [0.25, 0.3) is 0 Å². The quantitative estimate of drug-likeness (QED) is 0.142. The smallest absolute Gasteiger partial charge is 0.509 e. The van der Waals surface area contributed by atoms with Crippen molar-refractivity contribution in [2.45, 2.75) is 71.6 Å². The second kappa shape index (κ2) is 17.8. The first-order chi connectivity index (χ1) is 30.7. The van der Waals surface area contributed by atoms with Gasteiger partial charge in [-0.25, -0.2) is 4.98 Å². The maximum atomic E-state index is 6.85. The van der Waals surface area contributed by atoms with E-state index in [1.807, 2.05) is 18.3 Å². The molecule has 332 valence electrons. The number of para-hydroxylation sites is 3. The van der Waals surface area contributed by atoms with Crippen LogP contribution in [0.4, 0.5) is 22.7 Å². The summed E-state index contributed by atoms with van der Waals surface area (Å²) >= 11 is 0. The Morgan fingerprint density at radius 3 is 1.92 bits per heavy atom. The number of hydrogen-bond donors (Lipinski definition) is 0. The van der Waals surface area contributed by atoms with Gasteiger partial charge >= 0.3 is 21.1 Å². The summed E-state index contributed by atoms with van der Waals surface area (Å²) in [5.41, 5.74) is 12.9. The molecule has 0 saturated heterocycles. The fourth-order valence-electron chi connectivity index (χ4n) is 9.07. The van der Waals surface area contributed by atoms with Crippen LogP contribution in [0.2, 0.25) is 0 Å². The average Bonchev–Trinajstić information content (AvgIpc) is 3.85. The summed E-state index contributed by atoms with van der Waals surface area (Å²) in [6, 6.07) is 65.5. The predicted octanol–water partition coefficient (Wildman–Crippen LogP) is 16.0. The molecule has 1 aliphatic heterocycles. The number of ether oxygens (including phenoxy) is 1. The molecule has 2 aromatic heterocycles. The second-order valence-electron chi connectivity index (χ2n) is 19.5. The number of hydrogen-bond acceptors (Lipinski definition) is 4. The molecule has 5 nitrogen and oxygen atoms in total. The van der Waals surface area contributed by atoms with Gasteiger partial charge in [0.05, 0.1) is 0 Å². The molecule has 0 unspecified atom stereocenters. The Hall–Kier alpha value is -6.42. The number of benzene rings is 7. The number of nitrogens with zero attached hydrogens (tertiary/aromatic N) is 4. The molecule has 7 aromatic carbocycles. The molecule has 0 N–H and O–H groups in total. The molecule has 6 heteroatoms. The Morgan fingerprint density at radius 1 is 0.545 bits per heavy atom. The number of fused-ring (bicyclic) bond motifs is 4. The van der Waals surface area contributed by atoms with Gasteiger partial charge in [-0.1, -0.05) is 163 Å². The van der Waals surface area contributed by atoms with Crippen LogP contribution >= 0.6 is 0 Å². The van der Waals surface area contributed by atoms with Crippen LogP contribution in [0.3, 0.4) is 0 Å². The minimum atomic E-state index is -0.243. The SMILES string of the molecule is CC(C)(C)c1ccnc(-n2c3[c-]c(Oc4[c-]c(N5[CH-]N(c6cc(-c7ccccc7)cc(C(C)(C)c7ccccc7)c6)c6ccccc65)ccc4)cc(C(C)(C)C)c3c3ccccc32)c1.[CH3-].[Pt+4]. The molecule has 0 radical (unpaired) electrons. The van der Waals surface area contributed by atoms with E-state index in [0.717, 1.165) is 45.0 Å². The van der Waals surface area contributed by atoms with Crippen LogP contribution in [0.1, 0.15) is 77.6 Å². The fourth-order valence-corrected chi connectivity index (χ4v) is 9.07. The first-order valence-corrected chi connectivity index (χ1v) is 22.2. The van der Waals surface area contributed by atoms with Crippen LogP contribution in [-0.4, -0.2) is 9.55 Å². The number of aromatic nitrogens is 2. The van der Waals surface area contributed by atoms with Gasteiger partial charge in [0.2, 0.25) is 0 Å². The normalized spacial score (nSPS) is 12.8. The van der Waals surface area contributed by atoms with E-state index in [9.17, 15) is 0 Å². The van der Waals surface area contributed by atoms with Crippen LogP contribution in [0.25, 0.3) is 38.8 Å². The zero-order valence-corrected chi connectivity index (χ0v) is 41.5. The van der Waals surface area contributed by atoms with Crippen molar-refractivity contribution in [3.63, 3.8) is 0 Å². The molecular weight excluding hydrogens is 988 g/mol. The summed E-state index contributed by atoms with van der Waals surface area (Å²) in [6.45, 7) is 20.3. The molecule has 10 rings (SSSR count). The van der Waals surface area contributed by atoms with Crippen molar-refractivity contribution in [2.75, 3.05) is 9.80 Å². The van der Waals surface area contributed by atoms with Gasteiger partial charge < -0.3 is 26.5 Å². The van der Waals surface area contributed by atoms with E-state index in [1.54, 1.807) is 0 Å². The molecule has 66 heavy (non-hydrogen) atoms. The summed E-state index contributed by atoms with van der Waals surface area (Å²) in [5.74, 6) is 2.09. The first-order valence-electron chi connectivity index (χ1n) is 22.2. The summed E-state index contributed by atoms with van der Waals surface area (Å²) in [7, 11) is 0. The van der Waals surface area contributed by atoms with E-state index >= 15 is 0 Å². The summed E-state index contributed by atoms with van der Waals surface area (Å²) in [6.07, 6.45) is 1.92. The third-order valence-electron chi connectivity index (χ3n) is 12.7. The van der Waals surface area contributed by atoms with Crippen LogP contribution in [0.5, 0.6) is 11.5 Å². The summed E-state index contributed by atoms with van der Waals surface area (Å²) < 4.78 is 9.09.